The average Bonchev–Trinajstić information content (AvgIpc) is 2.83. The Bertz CT molecular complexity index is 548. The third kappa shape index (κ3) is 3.01. The normalized spacial score (nSPS) is 10.3. The van der Waals surface area contributed by atoms with Crippen molar-refractivity contribution in [3.63, 3.8) is 0 Å². The Labute approximate surface area is 115 Å². The summed E-state index contributed by atoms with van der Waals surface area (Å²) in [5, 5.41) is 2.91. The maximum Gasteiger partial charge on any atom is 0.267 e. The van der Waals surface area contributed by atoms with Crippen LogP contribution in [0.3, 0.4) is 0 Å². The lowest BCUT2D eigenvalue weighted by Gasteiger charge is -2.08. The Morgan fingerprint density at radius 2 is 2.06 bits per heavy atom. The molecule has 2 N–H and O–H groups in total. The Morgan fingerprint density at radius 3 is 2.67 bits per heavy atom. The van der Waals surface area contributed by atoms with Crippen molar-refractivity contribution in [2.45, 2.75) is 19.9 Å². The van der Waals surface area contributed by atoms with Gasteiger partial charge in [0.2, 0.25) is 0 Å². The van der Waals surface area contributed by atoms with Crippen molar-refractivity contribution in [1.29, 1.82) is 0 Å². The average molecular weight is 307 g/mol. The van der Waals surface area contributed by atoms with Crippen LogP contribution in [0.4, 0.5) is 0 Å². The predicted molar refractivity (Wildman–Crippen MR) is 75.5 cm³/mol. The third-order valence-electron chi connectivity index (χ3n) is 2.83. The fourth-order valence-corrected chi connectivity index (χ4v) is 2.19. The summed E-state index contributed by atoms with van der Waals surface area (Å²) in [5.74, 6) is -0.0911. The number of halogens is 1. The molecule has 0 spiro atoms. The van der Waals surface area contributed by atoms with Crippen LogP contribution in [0.2, 0.25) is 0 Å². The summed E-state index contributed by atoms with van der Waals surface area (Å²) < 4.78 is 0.876. The summed E-state index contributed by atoms with van der Waals surface area (Å²) in [6, 6.07) is 9.91. The monoisotopic (exact) mass is 306 g/mol. The molecule has 0 radical (unpaired) electrons. The molecule has 0 saturated heterocycles. The highest BCUT2D eigenvalue weighted by Gasteiger charge is 2.08. The van der Waals surface area contributed by atoms with E-state index in [1.807, 2.05) is 18.2 Å². The van der Waals surface area contributed by atoms with E-state index in [0.717, 1.165) is 10.9 Å². The van der Waals surface area contributed by atoms with E-state index in [4.69, 9.17) is 0 Å². The number of hydrogen-bond acceptors (Lipinski definition) is 1. The van der Waals surface area contributed by atoms with E-state index in [2.05, 4.69) is 39.2 Å². The Morgan fingerprint density at radius 1 is 1.33 bits per heavy atom. The molecule has 1 aromatic carbocycles. The molecule has 0 aliphatic rings. The van der Waals surface area contributed by atoms with Gasteiger partial charge < -0.3 is 10.3 Å². The third-order valence-corrected chi connectivity index (χ3v) is 3.29. The molecule has 3 nitrogen and oxygen atoms in total. The molecule has 4 heteroatoms. The van der Waals surface area contributed by atoms with Crippen LogP contribution in [0.25, 0.3) is 0 Å². The molecule has 18 heavy (non-hydrogen) atoms. The fourth-order valence-electron chi connectivity index (χ4n) is 1.84. The van der Waals surface area contributed by atoms with E-state index in [-0.39, 0.29) is 5.91 Å². The quantitative estimate of drug-likeness (QED) is 0.894. The number of aromatic amines is 1. The molecule has 0 aliphatic carbocycles. The van der Waals surface area contributed by atoms with E-state index in [0.29, 0.717) is 12.2 Å². The summed E-state index contributed by atoms with van der Waals surface area (Å²) in [4.78, 5) is 14.8. The van der Waals surface area contributed by atoms with E-state index in [1.54, 1.807) is 12.3 Å². The molecule has 2 rings (SSSR count). The van der Waals surface area contributed by atoms with Gasteiger partial charge in [-0.05, 0) is 39.5 Å². The van der Waals surface area contributed by atoms with Gasteiger partial charge in [-0.1, -0.05) is 31.2 Å². The number of nitrogens with one attached hydrogen (secondary N) is 2. The number of hydrogen-bond donors (Lipinski definition) is 2. The summed E-state index contributed by atoms with van der Waals surface area (Å²) in [5.41, 5.74) is 3.00. The molecule has 0 fully saturated rings. The standard InChI is InChI=1S/C14H15BrN2O/c1-2-10-5-3-4-6-11(10)8-17-14(18)13-7-12(15)9-16-13/h3-7,9,16H,2,8H2,1H3,(H,17,18). The van der Waals surface area contributed by atoms with Gasteiger partial charge >= 0.3 is 0 Å². The van der Waals surface area contributed by atoms with E-state index in [1.165, 1.54) is 11.1 Å². The molecule has 0 saturated carbocycles. The minimum atomic E-state index is -0.0911. The molecule has 2 aromatic rings. The van der Waals surface area contributed by atoms with Gasteiger partial charge in [-0.3, -0.25) is 4.79 Å². The van der Waals surface area contributed by atoms with Crippen molar-refractivity contribution in [3.8, 4) is 0 Å². The Kier molecular flexibility index (Phi) is 4.20. The van der Waals surface area contributed by atoms with Gasteiger partial charge in [0.15, 0.2) is 0 Å². The van der Waals surface area contributed by atoms with Gasteiger partial charge in [0.05, 0.1) is 0 Å². The van der Waals surface area contributed by atoms with Crippen LogP contribution < -0.4 is 5.32 Å². The van der Waals surface area contributed by atoms with Gasteiger partial charge in [0.1, 0.15) is 5.69 Å². The number of amides is 1. The first kappa shape index (κ1) is 12.9. The lowest BCUT2D eigenvalue weighted by molar-refractivity contribution is 0.0946. The number of carbonyl (C=O) groups excluding carboxylic acids is 1. The van der Waals surface area contributed by atoms with Crippen LogP contribution in [0.1, 0.15) is 28.5 Å². The molecule has 1 aromatic heterocycles. The second-order valence-corrected chi connectivity index (χ2v) is 4.95. The van der Waals surface area contributed by atoms with Crippen LogP contribution in [-0.2, 0) is 13.0 Å². The Hall–Kier alpha value is -1.55. The van der Waals surface area contributed by atoms with Crippen LogP contribution >= 0.6 is 15.9 Å². The largest absolute Gasteiger partial charge is 0.356 e. The van der Waals surface area contributed by atoms with Gasteiger partial charge in [-0.2, -0.15) is 0 Å². The highest BCUT2D eigenvalue weighted by molar-refractivity contribution is 9.10. The van der Waals surface area contributed by atoms with Crippen molar-refractivity contribution in [1.82, 2.24) is 10.3 Å². The van der Waals surface area contributed by atoms with E-state index >= 15 is 0 Å². The molecular weight excluding hydrogens is 292 g/mol. The maximum absolute atomic E-state index is 11.9. The first-order valence-electron chi connectivity index (χ1n) is 5.89. The zero-order valence-electron chi connectivity index (χ0n) is 10.2. The van der Waals surface area contributed by atoms with Gasteiger partial charge in [0.25, 0.3) is 5.91 Å². The lowest BCUT2D eigenvalue weighted by Crippen LogP contribution is -2.23. The zero-order chi connectivity index (χ0) is 13.0. The SMILES string of the molecule is CCc1ccccc1CNC(=O)c1cc(Br)c[nH]1. The summed E-state index contributed by atoms with van der Waals surface area (Å²) in [6.45, 7) is 2.67. The van der Waals surface area contributed by atoms with Crippen LogP contribution in [-0.4, -0.2) is 10.9 Å². The molecule has 0 atom stereocenters. The van der Waals surface area contributed by atoms with Crippen LogP contribution in [0.15, 0.2) is 41.0 Å². The molecule has 0 bridgehead atoms. The molecule has 94 valence electrons. The summed E-state index contributed by atoms with van der Waals surface area (Å²) in [7, 11) is 0. The van der Waals surface area contributed by atoms with Gasteiger partial charge in [0, 0.05) is 17.2 Å². The molecule has 1 amide bonds. The van der Waals surface area contributed by atoms with Crippen molar-refractivity contribution in [3.05, 3.63) is 57.8 Å². The van der Waals surface area contributed by atoms with Crippen molar-refractivity contribution >= 4 is 21.8 Å². The van der Waals surface area contributed by atoms with E-state index in [9.17, 15) is 4.79 Å². The van der Waals surface area contributed by atoms with Gasteiger partial charge in [-0.25, -0.2) is 0 Å². The summed E-state index contributed by atoms with van der Waals surface area (Å²) in [6.07, 6.45) is 2.72. The van der Waals surface area contributed by atoms with Crippen molar-refractivity contribution < 1.29 is 4.79 Å². The first-order valence-corrected chi connectivity index (χ1v) is 6.69. The van der Waals surface area contributed by atoms with Gasteiger partial charge in [-0.15, -0.1) is 0 Å². The highest BCUT2D eigenvalue weighted by Crippen LogP contribution is 2.12. The highest BCUT2D eigenvalue weighted by atomic mass is 79.9. The second-order valence-electron chi connectivity index (χ2n) is 4.04. The Balaban J connectivity index is 2.01. The number of rotatable bonds is 4. The van der Waals surface area contributed by atoms with Crippen molar-refractivity contribution in [2.24, 2.45) is 0 Å². The van der Waals surface area contributed by atoms with E-state index < -0.39 is 0 Å². The van der Waals surface area contributed by atoms with Crippen LogP contribution in [0, 0.1) is 0 Å². The molecular formula is C14H15BrN2O. The number of benzene rings is 1. The topological polar surface area (TPSA) is 44.9 Å². The minimum Gasteiger partial charge on any atom is -0.356 e. The number of aryl methyl sites for hydroxylation is 1. The smallest absolute Gasteiger partial charge is 0.267 e. The number of aromatic nitrogens is 1. The predicted octanol–water partition coefficient (Wildman–Crippen LogP) is 3.27. The molecule has 1 heterocycles. The van der Waals surface area contributed by atoms with Crippen molar-refractivity contribution in [2.75, 3.05) is 0 Å². The first-order chi connectivity index (χ1) is 8.70. The number of carbonyl (C=O) groups is 1. The zero-order valence-corrected chi connectivity index (χ0v) is 11.8. The molecule has 0 unspecified atom stereocenters. The second kappa shape index (κ2) is 5.87. The lowest BCUT2D eigenvalue weighted by atomic mass is 10.1. The maximum atomic E-state index is 11.9. The van der Waals surface area contributed by atoms with Crippen LogP contribution in [0.5, 0.6) is 0 Å². The molecule has 0 aliphatic heterocycles. The minimum absolute atomic E-state index is 0.0911. The number of H-pyrrole nitrogens is 1. The fraction of sp³-hybridized carbons (Fsp3) is 0.214. The summed E-state index contributed by atoms with van der Waals surface area (Å²) >= 11 is 3.31.